The SMILES string of the molecule is CCC1CN(CC(O)c2ccccc2Cl)CCN1CCOC. The van der Waals surface area contributed by atoms with Gasteiger partial charge in [0.05, 0.1) is 12.7 Å². The van der Waals surface area contributed by atoms with E-state index in [2.05, 4.69) is 16.7 Å². The van der Waals surface area contributed by atoms with E-state index >= 15 is 0 Å². The number of aliphatic hydroxyl groups is 1. The second-order valence-electron chi connectivity index (χ2n) is 5.89. The zero-order chi connectivity index (χ0) is 15.9. The lowest BCUT2D eigenvalue weighted by atomic mass is 10.1. The van der Waals surface area contributed by atoms with Gasteiger partial charge in [-0.3, -0.25) is 9.80 Å². The molecule has 1 N–H and O–H groups in total. The first-order valence-corrected chi connectivity index (χ1v) is 8.41. The van der Waals surface area contributed by atoms with Crippen molar-refractivity contribution >= 4 is 11.6 Å². The lowest BCUT2D eigenvalue weighted by Gasteiger charge is -2.41. The number of halogens is 1. The molecule has 4 nitrogen and oxygen atoms in total. The Labute approximate surface area is 138 Å². The number of β-amino-alcohol motifs (C(OH)–C–C–N with tert-alkyl or cyclic N) is 1. The van der Waals surface area contributed by atoms with Crippen molar-refractivity contribution in [2.24, 2.45) is 0 Å². The molecule has 0 amide bonds. The third kappa shape index (κ3) is 4.67. The highest BCUT2D eigenvalue weighted by Crippen LogP contribution is 2.24. The molecule has 22 heavy (non-hydrogen) atoms. The largest absolute Gasteiger partial charge is 0.387 e. The maximum atomic E-state index is 10.5. The van der Waals surface area contributed by atoms with Crippen molar-refractivity contribution in [3.8, 4) is 0 Å². The lowest BCUT2D eigenvalue weighted by molar-refractivity contribution is 0.0260. The average Bonchev–Trinajstić information content (AvgIpc) is 2.53. The fourth-order valence-electron chi connectivity index (χ4n) is 3.10. The van der Waals surface area contributed by atoms with Crippen LogP contribution in [0.1, 0.15) is 25.0 Å². The molecule has 1 aromatic carbocycles. The first kappa shape index (κ1) is 17.7. The van der Waals surface area contributed by atoms with Crippen LogP contribution in [0.3, 0.4) is 0 Å². The molecule has 0 aromatic heterocycles. The van der Waals surface area contributed by atoms with Crippen LogP contribution in [-0.4, -0.2) is 67.4 Å². The van der Waals surface area contributed by atoms with Crippen molar-refractivity contribution in [3.05, 3.63) is 34.9 Å². The molecular weight excluding hydrogens is 300 g/mol. The predicted molar refractivity (Wildman–Crippen MR) is 90.4 cm³/mol. The molecule has 0 radical (unpaired) electrons. The van der Waals surface area contributed by atoms with Crippen LogP contribution in [-0.2, 0) is 4.74 Å². The van der Waals surface area contributed by atoms with Crippen molar-refractivity contribution in [3.63, 3.8) is 0 Å². The monoisotopic (exact) mass is 326 g/mol. The second kappa shape index (κ2) is 8.85. The summed E-state index contributed by atoms with van der Waals surface area (Å²) in [6.07, 6.45) is 0.583. The summed E-state index contributed by atoms with van der Waals surface area (Å²) in [6.45, 7) is 7.60. The molecule has 1 fully saturated rings. The van der Waals surface area contributed by atoms with Gasteiger partial charge < -0.3 is 9.84 Å². The van der Waals surface area contributed by atoms with Gasteiger partial charge in [-0.25, -0.2) is 0 Å². The summed E-state index contributed by atoms with van der Waals surface area (Å²) in [5.41, 5.74) is 0.819. The first-order chi connectivity index (χ1) is 10.7. The molecule has 1 saturated heterocycles. The van der Waals surface area contributed by atoms with Gasteiger partial charge in [-0.15, -0.1) is 0 Å². The molecule has 2 unspecified atom stereocenters. The number of nitrogens with zero attached hydrogens (tertiary/aromatic N) is 2. The number of aliphatic hydroxyl groups excluding tert-OH is 1. The quantitative estimate of drug-likeness (QED) is 0.835. The summed E-state index contributed by atoms with van der Waals surface area (Å²) in [5.74, 6) is 0. The number of ether oxygens (including phenoxy) is 1. The normalized spacial score (nSPS) is 21.9. The van der Waals surface area contributed by atoms with Crippen LogP contribution in [0.2, 0.25) is 5.02 Å². The van der Waals surface area contributed by atoms with E-state index in [4.69, 9.17) is 16.3 Å². The summed E-state index contributed by atoms with van der Waals surface area (Å²) in [5, 5.41) is 11.1. The molecule has 2 atom stereocenters. The molecule has 0 saturated carbocycles. The smallest absolute Gasteiger partial charge is 0.0931 e. The number of hydrogen-bond acceptors (Lipinski definition) is 4. The Bertz CT molecular complexity index is 458. The van der Waals surface area contributed by atoms with Crippen molar-refractivity contribution in [1.82, 2.24) is 9.80 Å². The number of hydrogen-bond donors (Lipinski definition) is 1. The zero-order valence-electron chi connectivity index (χ0n) is 13.5. The number of rotatable bonds is 7. The van der Waals surface area contributed by atoms with Crippen LogP contribution in [0.15, 0.2) is 24.3 Å². The minimum atomic E-state index is -0.531. The van der Waals surface area contributed by atoms with E-state index < -0.39 is 6.10 Å². The summed E-state index contributed by atoms with van der Waals surface area (Å²) in [6, 6.07) is 8.07. The molecule has 5 heteroatoms. The van der Waals surface area contributed by atoms with Gasteiger partial charge in [0.15, 0.2) is 0 Å². The molecule has 1 aliphatic heterocycles. The van der Waals surface area contributed by atoms with E-state index in [-0.39, 0.29) is 0 Å². The number of methoxy groups -OCH3 is 1. The maximum Gasteiger partial charge on any atom is 0.0931 e. The van der Waals surface area contributed by atoms with Crippen LogP contribution < -0.4 is 0 Å². The second-order valence-corrected chi connectivity index (χ2v) is 6.29. The Morgan fingerprint density at radius 3 is 2.82 bits per heavy atom. The molecule has 0 aliphatic carbocycles. The Balaban J connectivity index is 1.90. The van der Waals surface area contributed by atoms with Gasteiger partial charge in [0.1, 0.15) is 0 Å². The Hall–Kier alpha value is -0.650. The van der Waals surface area contributed by atoms with Crippen LogP contribution in [0.5, 0.6) is 0 Å². The fraction of sp³-hybridized carbons (Fsp3) is 0.647. The topological polar surface area (TPSA) is 35.9 Å². The van der Waals surface area contributed by atoms with E-state index in [1.54, 1.807) is 7.11 Å². The van der Waals surface area contributed by atoms with Crippen LogP contribution >= 0.6 is 11.6 Å². The van der Waals surface area contributed by atoms with Crippen molar-refractivity contribution in [1.29, 1.82) is 0 Å². The first-order valence-electron chi connectivity index (χ1n) is 8.03. The van der Waals surface area contributed by atoms with Gasteiger partial charge in [0.25, 0.3) is 0 Å². The third-order valence-corrected chi connectivity index (χ3v) is 4.78. The molecule has 1 aliphatic rings. The summed E-state index contributed by atoms with van der Waals surface area (Å²) in [4.78, 5) is 4.83. The molecule has 0 spiro atoms. The highest BCUT2D eigenvalue weighted by Gasteiger charge is 2.27. The highest BCUT2D eigenvalue weighted by molar-refractivity contribution is 6.31. The van der Waals surface area contributed by atoms with E-state index in [0.29, 0.717) is 17.6 Å². The Morgan fingerprint density at radius 2 is 2.14 bits per heavy atom. The fourth-order valence-corrected chi connectivity index (χ4v) is 3.36. The van der Waals surface area contributed by atoms with Crippen LogP contribution in [0.25, 0.3) is 0 Å². The Kier molecular flexibility index (Phi) is 7.12. The average molecular weight is 327 g/mol. The van der Waals surface area contributed by atoms with Crippen molar-refractivity contribution < 1.29 is 9.84 Å². The van der Waals surface area contributed by atoms with E-state index in [0.717, 1.165) is 44.8 Å². The van der Waals surface area contributed by atoms with Gasteiger partial charge in [-0.1, -0.05) is 36.7 Å². The van der Waals surface area contributed by atoms with Gasteiger partial charge >= 0.3 is 0 Å². The summed E-state index contributed by atoms with van der Waals surface area (Å²) >= 11 is 6.17. The molecule has 124 valence electrons. The Morgan fingerprint density at radius 1 is 1.36 bits per heavy atom. The van der Waals surface area contributed by atoms with Gasteiger partial charge in [-0.05, 0) is 12.5 Å². The number of piperazine rings is 1. The summed E-state index contributed by atoms with van der Waals surface area (Å²) < 4.78 is 5.19. The minimum Gasteiger partial charge on any atom is -0.387 e. The van der Waals surface area contributed by atoms with Crippen molar-refractivity contribution in [2.75, 3.05) is 46.4 Å². The van der Waals surface area contributed by atoms with Gasteiger partial charge in [-0.2, -0.15) is 0 Å². The maximum absolute atomic E-state index is 10.5. The van der Waals surface area contributed by atoms with Gasteiger partial charge in [0.2, 0.25) is 0 Å². The van der Waals surface area contributed by atoms with Crippen LogP contribution in [0.4, 0.5) is 0 Å². The molecule has 0 bridgehead atoms. The third-order valence-electron chi connectivity index (χ3n) is 4.44. The zero-order valence-corrected chi connectivity index (χ0v) is 14.3. The lowest BCUT2D eigenvalue weighted by Crippen LogP contribution is -2.54. The number of benzene rings is 1. The highest BCUT2D eigenvalue weighted by atomic mass is 35.5. The van der Waals surface area contributed by atoms with E-state index in [1.807, 2.05) is 24.3 Å². The van der Waals surface area contributed by atoms with Crippen molar-refractivity contribution in [2.45, 2.75) is 25.5 Å². The predicted octanol–water partition coefficient (Wildman–Crippen LogP) is 2.42. The molecule has 1 aromatic rings. The minimum absolute atomic E-state index is 0.530. The van der Waals surface area contributed by atoms with Crippen LogP contribution in [0, 0.1) is 0 Å². The van der Waals surface area contributed by atoms with Gasteiger partial charge in [0, 0.05) is 56.5 Å². The summed E-state index contributed by atoms with van der Waals surface area (Å²) in [7, 11) is 1.75. The molecular formula is C17H27ClN2O2. The van der Waals surface area contributed by atoms with E-state index in [1.165, 1.54) is 0 Å². The van der Waals surface area contributed by atoms with E-state index in [9.17, 15) is 5.11 Å². The molecule has 2 rings (SSSR count). The molecule has 1 heterocycles. The standard InChI is InChI=1S/C17H27ClN2O2/c1-3-14-12-19(8-9-20(14)10-11-22-2)13-17(21)15-6-4-5-7-16(15)18/h4-7,14,17,21H,3,8-13H2,1-2H3.